The molecule has 0 spiro atoms. The highest BCUT2D eigenvalue weighted by molar-refractivity contribution is 6.03. The van der Waals surface area contributed by atoms with Crippen LogP contribution < -0.4 is 22.4 Å². The molecule has 1 heterocycles. The van der Waals surface area contributed by atoms with E-state index < -0.39 is 11.5 Å². The Kier molecular flexibility index (Phi) is 4.42. The van der Waals surface area contributed by atoms with Gasteiger partial charge in [0.25, 0.3) is 5.91 Å². The van der Waals surface area contributed by atoms with Gasteiger partial charge >= 0.3 is 11.6 Å². The average Bonchev–Trinajstić information content (AvgIpc) is 2.60. The van der Waals surface area contributed by atoms with Crippen LogP contribution in [-0.4, -0.2) is 16.9 Å². The number of fused-ring (bicyclic) bond motifs is 1. The topological polar surface area (TPSA) is 137 Å². The first-order chi connectivity index (χ1) is 12.0. The third kappa shape index (κ3) is 3.81. The Morgan fingerprint density at radius 2 is 1.84 bits per heavy atom. The van der Waals surface area contributed by atoms with E-state index in [9.17, 15) is 9.59 Å². The highest BCUT2D eigenvalue weighted by Crippen LogP contribution is 2.12. The van der Waals surface area contributed by atoms with Crippen molar-refractivity contribution in [1.29, 1.82) is 0 Å². The Bertz CT molecular complexity index is 1000. The van der Waals surface area contributed by atoms with Crippen molar-refractivity contribution < 1.29 is 9.21 Å². The number of nitrogens with zero attached hydrogens (tertiary/aromatic N) is 2. The first kappa shape index (κ1) is 16.2. The van der Waals surface area contributed by atoms with Crippen LogP contribution in [0.4, 0.5) is 6.01 Å². The van der Waals surface area contributed by atoms with Crippen LogP contribution in [0, 0.1) is 0 Å². The maximum atomic E-state index is 12.3. The predicted octanol–water partition coefficient (Wildman–Crippen LogP) is 1.21. The van der Waals surface area contributed by atoms with Crippen LogP contribution in [0.3, 0.4) is 0 Å². The molecular formula is C17H15N5O3. The molecule has 0 aliphatic heterocycles. The zero-order valence-corrected chi connectivity index (χ0v) is 13.1. The van der Waals surface area contributed by atoms with Gasteiger partial charge in [-0.05, 0) is 29.8 Å². The molecule has 0 bridgehead atoms. The molecule has 0 saturated heterocycles. The number of carbonyl (C=O) groups is 1. The van der Waals surface area contributed by atoms with E-state index >= 15 is 0 Å². The third-order valence-corrected chi connectivity index (χ3v) is 3.42. The Morgan fingerprint density at radius 1 is 1.12 bits per heavy atom. The van der Waals surface area contributed by atoms with Gasteiger partial charge in [0.15, 0.2) is 5.96 Å². The maximum Gasteiger partial charge on any atom is 0.348 e. The van der Waals surface area contributed by atoms with Gasteiger partial charge in [0, 0.05) is 5.56 Å². The maximum absolute atomic E-state index is 12.3. The van der Waals surface area contributed by atoms with Crippen molar-refractivity contribution in [2.45, 2.75) is 6.54 Å². The number of rotatable bonds is 4. The van der Waals surface area contributed by atoms with Gasteiger partial charge in [-0.1, -0.05) is 24.3 Å². The molecule has 8 heteroatoms. The zero-order valence-electron chi connectivity index (χ0n) is 13.1. The molecule has 3 aromatic rings. The van der Waals surface area contributed by atoms with Crippen molar-refractivity contribution in [2.75, 3.05) is 5.32 Å². The van der Waals surface area contributed by atoms with Crippen molar-refractivity contribution in [2.24, 2.45) is 16.5 Å². The predicted molar refractivity (Wildman–Crippen MR) is 94.2 cm³/mol. The minimum atomic E-state index is -0.562. The van der Waals surface area contributed by atoms with Gasteiger partial charge in [0.1, 0.15) is 0 Å². The van der Waals surface area contributed by atoms with Crippen LogP contribution in [0.25, 0.3) is 10.9 Å². The van der Waals surface area contributed by atoms with E-state index in [2.05, 4.69) is 15.3 Å². The lowest BCUT2D eigenvalue weighted by Crippen LogP contribution is -2.22. The van der Waals surface area contributed by atoms with Crippen molar-refractivity contribution >= 4 is 28.8 Å². The molecule has 0 aliphatic rings. The Balaban J connectivity index is 1.78. The van der Waals surface area contributed by atoms with E-state index in [1.54, 1.807) is 48.5 Å². The lowest BCUT2D eigenvalue weighted by molar-refractivity contribution is 0.102. The average molecular weight is 337 g/mol. The summed E-state index contributed by atoms with van der Waals surface area (Å²) in [6.07, 6.45) is 0. The molecule has 5 N–H and O–H groups in total. The monoisotopic (exact) mass is 337 g/mol. The molecule has 1 amide bonds. The summed E-state index contributed by atoms with van der Waals surface area (Å²) in [4.78, 5) is 32.2. The molecule has 126 valence electrons. The van der Waals surface area contributed by atoms with Gasteiger partial charge < -0.3 is 15.9 Å². The number of hydrogen-bond donors (Lipinski definition) is 3. The van der Waals surface area contributed by atoms with Gasteiger partial charge in [-0.25, -0.2) is 9.79 Å². The number of aromatic nitrogens is 1. The number of hydrogen-bond acceptors (Lipinski definition) is 5. The molecule has 8 nitrogen and oxygen atoms in total. The van der Waals surface area contributed by atoms with E-state index in [0.29, 0.717) is 23.0 Å². The van der Waals surface area contributed by atoms with E-state index in [4.69, 9.17) is 15.9 Å². The number of amides is 1. The number of nitrogens with two attached hydrogens (primary N) is 2. The van der Waals surface area contributed by atoms with Crippen molar-refractivity contribution in [1.82, 2.24) is 4.98 Å². The lowest BCUT2D eigenvalue weighted by Gasteiger charge is -2.05. The fourth-order valence-corrected chi connectivity index (χ4v) is 2.19. The van der Waals surface area contributed by atoms with Crippen molar-refractivity contribution in [3.05, 3.63) is 70.1 Å². The molecule has 3 rings (SSSR count). The second-order valence-corrected chi connectivity index (χ2v) is 5.22. The van der Waals surface area contributed by atoms with Gasteiger partial charge in [0.05, 0.1) is 17.4 Å². The molecular weight excluding hydrogens is 322 g/mol. The molecule has 1 aromatic heterocycles. The third-order valence-electron chi connectivity index (χ3n) is 3.42. The second kappa shape index (κ2) is 6.83. The number of carbonyl (C=O) groups excluding carboxylic acids is 1. The summed E-state index contributed by atoms with van der Waals surface area (Å²) >= 11 is 0. The summed E-state index contributed by atoms with van der Waals surface area (Å²) in [5.41, 5.74) is 11.7. The molecule has 25 heavy (non-hydrogen) atoms. The SMILES string of the molecule is NC(N)=NCc1ccc(C(=O)Nc2nc3ccccc3c(=O)o2)cc1. The highest BCUT2D eigenvalue weighted by atomic mass is 16.4. The van der Waals surface area contributed by atoms with Gasteiger partial charge in [-0.3, -0.25) is 10.1 Å². The lowest BCUT2D eigenvalue weighted by atomic mass is 10.1. The number of aliphatic imine (C=N–C) groups is 1. The molecule has 0 atom stereocenters. The molecule has 0 aliphatic carbocycles. The number of benzene rings is 2. The summed E-state index contributed by atoms with van der Waals surface area (Å²) in [6, 6.07) is 13.3. The zero-order chi connectivity index (χ0) is 17.8. The Morgan fingerprint density at radius 3 is 2.56 bits per heavy atom. The van der Waals surface area contributed by atoms with E-state index in [0.717, 1.165) is 5.56 Å². The summed E-state index contributed by atoms with van der Waals surface area (Å²) < 4.78 is 5.03. The fourth-order valence-electron chi connectivity index (χ4n) is 2.19. The quantitative estimate of drug-likeness (QED) is 0.483. The van der Waals surface area contributed by atoms with Crippen LogP contribution in [0.5, 0.6) is 0 Å². The minimum absolute atomic E-state index is 0.000716. The van der Waals surface area contributed by atoms with E-state index in [1.165, 1.54) is 0 Å². The molecule has 0 unspecified atom stereocenters. The smallest absolute Gasteiger partial charge is 0.348 e. The van der Waals surface area contributed by atoms with Crippen LogP contribution in [-0.2, 0) is 6.54 Å². The Hall–Kier alpha value is -3.68. The molecule has 0 saturated carbocycles. The number of guanidine groups is 1. The first-order valence-corrected chi connectivity index (χ1v) is 7.38. The van der Waals surface area contributed by atoms with Crippen molar-refractivity contribution in [3.8, 4) is 0 Å². The number of para-hydroxylation sites is 1. The second-order valence-electron chi connectivity index (χ2n) is 5.22. The minimum Gasteiger partial charge on any atom is -0.388 e. The van der Waals surface area contributed by atoms with Gasteiger partial charge in [0.2, 0.25) is 0 Å². The van der Waals surface area contributed by atoms with Crippen LogP contribution in [0.15, 0.2) is 62.7 Å². The highest BCUT2D eigenvalue weighted by Gasteiger charge is 2.11. The van der Waals surface area contributed by atoms with E-state index in [1.807, 2.05) is 0 Å². The normalized spacial score (nSPS) is 10.4. The van der Waals surface area contributed by atoms with Crippen LogP contribution in [0.1, 0.15) is 15.9 Å². The summed E-state index contributed by atoms with van der Waals surface area (Å²) in [6.45, 7) is 0.325. The number of nitrogens with one attached hydrogen (secondary N) is 1. The fraction of sp³-hybridized carbons (Fsp3) is 0.0588. The molecule has 0 fully saturated rings. The first-order valence-electron chi connectivity index (χ1n) is 7.38. The van der Waals surface area contributed by atoms with Crippen LogP contribution in [0.2, 0.25) is 0 Å². The molecule has 2 aromatic carbocycles. The summed E-state index contributed by atoms with van der Waals surface area (Å²) in [5.74, 6) is -0.446. The largest absolute Gasteiger partial charge is 0.388 e. The Labute approximate surface area is 142 Å². The van der Waals surface area contributed by atoms with Crippen molar-refractivity contribution in [3.63, 3.8) is 0 Å². The molecule has 0 radical (unpaired) electrons. The van der Waals surface area contributed by atoms with Gasteiger partial charge in [-0.15, -0.1) is 0 Å². The summed E-state index contributed by atoms with van der Waals surface area (Å²) in [7, 11) is 0. The van der Waals surface area contributed by atoms with Gasteiger partial charge in [-0.2, -0.15) is 4.98 Å². The number of anilines is 1. The summed E-state index contributed by atoms with van der Waals surface area (Å²) in [5, 5.41) is 2.83. The van der Waals surface area contributed by atoms with Crippen LogP contribution >= 0.6 is 0 Å². The van der Waals surface area contributed by atoms with E-state index in [-0.39, 0.29) is 12.0 Å². The standard InChI is InChI=1S/C17H15N5O3/c18-16(19)20-9-10-5-7-11(8-6-10)14(23)22-17-21-13-4-2-1-3-12(13)15(24)25-17/h1-8H,9H2,(H4,18,19,20)(H,21,22,23).